The molecule has 23 heavy (non-hydrogen) atoms. The van der Waals surface area contributed by atoms with Gasteiger partial charge in [0, 0.05) is 19.5 Å². The van der Waals surface area contributed by atoms with E-state index in [9.17, 15) is 4.79 Å². The number of fused-ring (bicyclic) bond motifs is 2. The Morgan fingerprint density at radius 1 is 1.09 bits per heavy atom. The Labute approximate surface area is 141 Å². The van der Waals surface area contributed by atoms with Crippen molar-refractivity contribution in [3.8, 4) is 0 Å². The number of carbonyl (C=O) groups excluding carboxylic acids is 1. The molecule has 4 nitrogen and oxygen atoms in total. The SMILES string of the molecule is Cl.O=C(OC1CCN2Cc3ccccc3N=C12)c1ccccc1. The Bertz CT molecular complexity index is 746. The normalized spacial score (nSPS) is 18.3. The van der Waals surface area contributed by atoms with Gasteiger partial charge in [-0.05, 0) is 23.8 Å². The van der Waals surface area contributed by atoms with Gasteiger partial charge in [0.2, 0.25) is 0 Å². The second kappa shape index (κ2) is 6.42. The Hall–Kier alpha value is -2.33. The fourth-order valence-corrected chi connectivity index (χ4v) is 2.99. The first kappa shape index (κ1) is 15.6. The lowest BCUT2D eigenvalue weighted by Crippen LogP contribution is -2.33. The second-order valence-corrected chi connectivity index (χ2v) is 5.57. The van der Waals surface area contributed by atoms with Gasteiger partial charge >= 0.3 is 5.97 Å². The fraction of sp³-hybridized carbons (Fsp3) is 0.222. The maximum Gasteiger partial charge on any atom is 0.338 e. The van der Waals surface area contributed by atoms with Crippen molar-refractivity contribution in [3.63, 3.8) is 0 Å². The van der Waals surface area contributed by atoms with Gasteiger partial charge in [0.25, 0.3) is 0 Å². The molecule has 0 saturated carbocycles. The van der Waals surface area contributed by atoms with E-state index in [1.54, 1.807) is 12.1 Å². The first-order chi connectivity index (χ1) is 10.8. The van der Waals surface area contributed by atoms with Crippen LogP contribution in [0.5, 0.6) is 0 Å². The molecule has 4 rings (SSSR count). The van der Waals surface area contributed by atoms with E-state index in [2.05, 4.69) is 11.0 Å². The zero-order chi connectivity index (χ0) is 14.9. The molecule has 1 atom stereocenters. The average molecular weight is 329 g/mol. The van der Waals surface area contributed by atoms with Crippen molar-refractivity contribution in [2.45, 2.75) is 19.1 Å². The molecule has 0 bridgehead atoms. The molecule has 0 aromatic heterocycles. The zero-order valence-corrected chi connectivity index (χ0v) is 13.3. The zero-order valence-electron chi connectivity index (χ0n) is 12.5. The molecule has 0 amide bonds. The van der Waals surface area contributed by atoms with Crippen molar-refractivity contribution in [1.29, 1.82) is 0 Å². The van der Waals surface area contributed by atoms with Crippen LogP contribution in [0.2, 0.25) is 0 Å². The molecule has 0 N–H and O–H groups in total. The van der Waals surface area contributed by atoms with E-state index in [-0.39, 0.29) is 24.5 Å². The molecular formula is C18H17ClN2O2. The number of rotatable bonds is 2. The molecule has 5 heteroatoms. The number of hydrogen-bond donors (Lipinski definition) is 0. The van der Waals surface area contributed by atoms with Crippen molar-refractivity contribution in [1.82, 2.24) is 4.90 Å². The molecule has 118 valence electrons. The number of aliphatic imine (C=N–C) groups is 1. The number of para-hydroxylation sites is 1. The van der Waals surface area contributed by atoms with Crippen LogP contribution in [-0.4, -0.2) is 29.4 Å². The lowest BCUT2D eigenvalue weighted by atomic mass is 10.1. The van der Waals surface area contributed by atoms with Crippen molar-refractivity contribution >= 4 is 29.9 Å². The van der Waals surface area contributed by atoms with Crippen LogP contribution in [0.3, 0.4) is 0 Å². The third-order valence-corrected chi connectivity index (χ3v) is 4.12. The quantitative estimate of drug-likeness (QED) is 0.791. The van der Waals surface area contributed by atoms with Gasteiger partial charge in [-0.2, -0.15) is 0 Å². The summed E-state index contributed by atoms with van der Waals surface area (Å²) in [7, 11) is 0. The largest absolute Gasteiger partial charge is 0.451 e. The van der Waals surface area contributed by atoms with Crippen LogP contribution >= 0.6 is 12.4 Å². The molecule has 0 radical (unpaired) electrons. The van der Waals surface area contributed by atoms with Crippen LogP contribution < -0.4 is 0 Å². The minimum Gasteiger partial charge on any atom is -0.451 e. The fourth-order valence-electron chi connectivity index (χ4n) is 2.99. The summed E-state index contributed by atoms with van der Waals surface area (Å²) < 4.78 is 5.67. The maximum atomic E-state index is 12.2. The molecule has 2 aliphatic rings. The molecular weight excluding hydrogens is 312 g/mol. The Morgan fingerprint density at radius 3 is 2.65 bits per heavy atom. The van der Waals surface area contributed by atoms with E-state index in [0.717, 1.165) is 31.0 Å². The molecule has 2 aromatic carbocycles. The van der Waals surface area contributed by atoms with Gasteiger partial charge in [0.05, 0.1) is 11.3 Å². The highest BCUT2D eigenvalue weighted by atomic mass is 35.5. The summed E-state index contributed by atoms with van der Waals surface area (Å²) in [4.78, 5) is 19.1. The molecule has 2 heterocycles. The van der Waals surface area contributed by atoms with Gasteiger partial charge in [-0.3, -0.25) is 0 Å². The van der Waals surface area contributed by atoms with Gasteiger partial charge < -0.3 is 9.64 Å². The summed E-state index contributed by atoms with van der Waals surface area (Å²) in [5.41, 5.74) is 2.79. The topological polar surface area (TPSA) is 41.9 Å². The van der Waals surface area contributed by atoms with Gasteiger partial charge in [-0.25, -0.2) is 9.79 Å². The molecule has 0 aliphatic carbocycles. The number of halogens is 1. The molecule has 1 unspecified atom stereocenters. The van der Waals surface area contributed by atoms with Crippen LogP contribution in [0.15, 0.2) is 59.6 Å². The molecule has 2 aromatic rings. The second-order valence-electron chi connectivity index (χ2n) is 5.57. The van der Waals surface area contributed by atoms with Crippen molar-refractivity contribution in [2.75, 3.05) is 6.54 Å². The number of benzene rings is 2. The summed E-state index contributed by atoms with van der Waals surface area (Å²) >= 11 is 0. The minimum absolute atomic E-state index is 0. The number of nitrogens with zero attached hydrogens (tertiary/aromatic N) is 2. The summed E-state index contributed by atoms with van der Waals surface area (Å²) in [6.45, 7) is 1.72. The monoisotopic (exact) mass is 328 g/mol. The smallest absolute Gasteiger partial charge is 0.338 e. The Balaban J connectivity index is 0.00000156. The lowest BCUT2D eigenvalue weighted by Gasteiger charge is -2.26. The van der Waals surface area contributed by atoms with E-state index in [0.29, 0.717) is 5.56 Å². The summed E-state index contributed by atoms with van der Waals surface area (Å²) in [5.74, 6) is 0.594. The molecule has 2 aliphatic heterocycles. The third kappa shape index (κ3) is 2.94. The van der Waals surface area contributed by atoms with Gasteiger partial charge in [0.1, 0.15) is 5.84 Å². The van der Waals surface area contributed by atoms with Crippen LogP contribution in [0.25, 0.3) is 0 Å². The van der Waals surface area contributed by atoms with Crippen LogP contribution in [0.4, 0.5) is 5.69 Å². The van der Waals surface area contributed by atoms with Crippen molar-refractivity contribution in [3.05, 3.63) is 65.7 Å². The van der Waals surface area contributed by atoms with Gasteiger partial charge in [-0.1, -0.05) is 36.4 Å². The number of amidine groups is 1. The maximum absolute atomic E-state index is 12.2. The number of ether oxygens (including phenoxy) is 1. The van der Waals surface area contributed by atoms with Crippen molar-refractivity contribution in [2.24, 2.45) is 4.99 Å². The summed E-state index contributed by atoms with van der Waals surface area (Å²) in [6.07, 6.45) is 0.548. The van der Waals surface area contributed by atoms with Crippen LogP contribution in [0.1, 0.15) is 22.3 Å². The predicted molar refractivity (Wildman–Crippen MR) is 91.5 cm³/mol. The highest BCUT2D eigenvalue weighted by molar-refractivity contribution is 5.96. The highest BCUT2D eigenvalue weighted by Gasteiger charge is 2.35. The van der Waals surface area contributed by atoms with Crippen molar-refractivity contribution < 1.29 is 9.53 Å². The standard InChI is InChI=1S/C18H16N2O2.ClH/c21-18(13-6-2-1-3-7-13)22-16-10-11-20-12-14-8-4-5-9-15(14)19-17(16)20;/h1-9,16H,10-12H2;1H. The Kier molecular flexibility index (Phi) is 4.35. The molecule has 0 spiro atoms. The van der Waals surface area contributed by atoms with E-state index in [1.165, 1.54) is 5.56 Å². The van der Waals surface area contributed by atoms with Gasteiger partial charge in [-0.15, -0.1) is 12.4 Å². The minimum atomic E-state index is -0.283. The number of esters is 1. The summed E-state index contributed by atoms with van der Waals surface area (Å²) in [6, 6.07) is 17.2. The first-order valence-electron chi connectivity index (χ1n) is 7.49. The Morgan fingerprint density at radius 2 is 1.83 bits per heavy atom. The van der Waals surface area contributed by atoms with E-state index in [4.69, 9.17) is 9.73 Å². The molecule has 1 saturated heterocycles. The number of carbonyl (C=O) groups is 1. The first-order valence-corrected chi connectivity index (χ1v) is 7.49. The number of hydrogen-bond acceptors (Lipinski definition) is 4. The summed E-state index contributed by atoms with van der Waals surface area (Å²) in [5, 5.41) is 0. The highest BCUT2D eigenvalue weighted by Crippen LogP contribution is 2.31. The average Bonchev–Trinajstić information content (AvgIpc) is 2.95. The lowest BCUT2D eigenvalue weighted by molar-refractivity contribution is 0.0430. The van der Waals surface area contributed by atoms with Gasteiger partial charge in [0.15, 0.2) is 6.10 Å². The van der Waals surface area contributed by atoms with E-state index in [1.807, 2.05) is 36.4 Å². The molecule has 1 fully saturated rings. The van der Waals surface area contributed by atoms with Crippen LogP contribution in [0, 0.1) is 0 Å². The third-order valence-electron chi connectivity index (χ3n) is 4.12. The van der Waals surface area contributed by atoms with E-state index < -0.39 is 0 Å². The predicted octanol–water partition coefficient (Wildman–Crippen LogP) is 3.58. The van der Waals surface area contributed by atoms with Crippen LogP contribution in [-0.2, 0) is 11.3 Å². The van der Waals surface area contributed by atoms with E-state index >= 15 is 0 Å².